The first kappa shape index (κ1) is 22.7. The molecule has 2 aromatic rings. The summed E-state index contributed by atoms with van der Waals surface area (Å²) in [5, 5.41) is 7.95. The molecule has 9 heteroatoms. The third-order valence-corrected chi connectivity index (χ3v) is 6.53. The van der Waals surface area contributed by atoms with Crippen LogP contribution in [0.2, 0.25) is 0 Å². The van der Waals surface area contributed by atoms with Crippen molar-refractivity contribution in [3.63, 3.8) is 0 Å². The molecule has 172 valence electrons. The topological polar surface area (TPSA) is 100 Å². The van der Waals surface area contributed by atoms with E-state index < -0.39 is 5.97 Å². The van der Waals surface area contributed by atoms with Gasteiger partial charge >= 0.3 is 5.97 Å². The molecule has 3 heterocycles. The number of hydrogen-bond acceptors (Lipinski definition) is 7. The summed E-state index contributed by atoms with van der Waals surface area (Å²) >= 11 is 1.42. The number of esters is 1. The zero-order chi connectivity index (χ0) is 23.4. The van der Waals surface area contributed by atoms with Crippen molar-refractivity contribution >= 4 is 46.3 Å². The predicted octanol–water partition coefficient (Wildman–Crippen LogP) is 3.71. The number of benzene rings is 1. The Kier molecular flexibility index (Phi) is 6.88. The predicted molar refractivity (Wildman–Crippen MR) is 128 cm³/mol. The standard InChI is InChI=1S/C24H26N4O4S/c1-3-32-24(31)20-15(2)25-17-7-4-5-8-18(17)26-21(20)27-22(29)16-10-12-28(13-11-16)23(30)19-9-6-14-33-19/h4-9,14,16,25H,3,10-13H2,1-2H3,(H,26,27,29). The Labute approximate surface area is 196 Å². The second-order valence-corrected chi connectivity index (χ2v) is 8.80. The SMILES string of the molecule is CCOC(=O)C1=C(C)Nc2ccccc2N=C1NC(=O)C1CCN(C(=O)c2cccs2)CC1. The molecule has 2 aliphatic rings. The molecule has 0 bridgehead atoms. The molecule has 33 heavy (non-hydrogen) atoms. The van der Waals surface area contributed by atoms with Gasteiger partial charge in [0.1, 0.15) is 11.4 Å². The van der Waals surface area contributed by atoms with E-state index in [1.807, 2.05) is 41.8 Å². The summed E-state index contributed by atoms with van der Waals surface area (Å²) in [5.74, 6) is -0.875. The third-order valence-electron chi connectivity index (χ3n) is 5.68. The molecule has 0 radical (unpaired) electrons. The number of nitrogens with one attached hydrogen (secondary N) is 2. The zero-order valence-electron chi connectivity index (χ0n) is 18.6. The maximum atomic E-state index is 13.1. The molecule has 4 rings (SSSR count). The van der Waals surface area contributed by atoms with Crippen LogP contribution in [0.4, 0.5) is 11.4 Å². The molecular weight excluding hydrogens is 440 g/mol. The number of carbonyl (C=O) groups excluding carboxylic acids is 3. The molecule has 0 atom stereocenters. The van der Waals surface area contributed by atoms with E-state index in [4.69, 9.17) is 4.74 Å². The molecule has 8 nitrogen and oxygen atoms in total. The van der Waals surface area contributed by atoms with E-state index in [2.05, 4.69) is 15.6 Å². The number of amides is 2. The number of ether oxygens (including phenoxy) is 1. The van der Waals surface area contributed by atoms with Crippen molar-refractivity contribution in [1.82, 2.24) is 10.2 Å². The number of nitrogens with zero attached hydrogens (tertiary/aromatic N) is 2. The molecule has 1 aromatic carbocycles. The Morgan fingerprint density at radius 3 is 2.64 bits per heavy atom. The number of likely N-dealkylation sites (tertiary alicyclic amines) is 1. The second-order valence-electron chi connectivity index (χ2n) is 7.86. The summed E-state index contributed by atoms with van der Waals surface area (Å²) in [6.07, 6.45) is 1.09. The van der Waals surface area contributed by atoms with Gasteiger partial charge in [0, 0.05) is 24.7 Å². The summed E-state index contributed by atoms with van der Waals surface area (Å²) < 4.78 is 5.23. The minimum Gasteiger partial charge on any atom is -0.462 e. The van der Waals surface area contributed by atoms with Crippen LogP contribution in [-0.4, -0.2) is 48.2 Å². The maximum Gasteiger partial charge on any atom is 0.343 e. The van der Waals surface area contributed by atoms with Crippen LogP contribution < -0.4 is 10.6 Å². The molecule has 1 fully saturated rings. The number of aliphatic imine (C=N–C) groups is 1. The Bertz CT molecular complexity index is 1120. The molecule has 0 saturated carbocycles. The van der Waals surface area contributed by atoms with Crippen molar-refractivity contribution in [3.05, 3.63) is 57.9 Å². The molecule has 0 aliphatic carbocycles. The first-order valence-electron chi connectivity index (χ1n) is 10.9. The van der Waals surface area contributed by atoms with E-state index in [1.54, 1.807) is 18.7 Å². The normalized spacial score (nSPS) is 16.3. The van der Waals surface area contributed by atoms with Crippen molar-refractivity contribution in [1.29, 1.82) is 0 Å². The highest BCUT2D eigenvalue weighted by atomic mass is 32.1. The summed E-state index contributed by atoms with van der Waals surface area (Å²) in [6, 6.07) is 11.0. The quantitative estimate of drug-likeness (QED) is 0.669. The Balaban J connectivity index is 1.50. The van der Waals surface area contributed by atoms with Gasteiger partial charge in [0.05, 0.1) is 22.9 Å². The highest BCUT2D eigenvalue weighted by Gasteiger charge is 2.31. The third kappa shape index (κ3) is 4.98. The van der Waals surface area contributed by atoms with Crippen LogP contribution in [0.15, 0.2) is 58.0 Å². The van der Waals surface area contributed by atoms with Crippen LogP contribution in [0.3, 0.4) is 0 Å². The number of rotatable bonds is 4. The fraction of sp³-hybridized carbons (Fsp3) is 0.333. The summed E-state index contributed by atoms with van der Waals surface area (Å²) in [6.45, 7) is 4.70. The first-order valence-corrected chi connectivity index (χ1v) is 11.8. The van der Waals surface area contributed by atoms with Gasteiger partial charge in [-0.1, -0.05) is 18.2 Å². The summed E-state index contributed by atoms with van der Waals surface area (Å²) in [7, 11) is 0. The lowest BCUT2D eigenvalue weighted by Crippen LogP contribution is -2.45. The number of fused-ring (bicyclic) bond motifs is 1. The largest absolute Gasteiger partial charge is 0.462 e. The van der Waals surface area contributed by atoms with Crippen molar-refractivity contribution in [3.8, 4) is 0 Å². The maximum absolute atomic E-state index is 13.1. The molecule has 1 aromatic heterocycles. The monoisotopic (exact) mass is 466 g/mol. The Morgan fingerprint density at radius 2 is 1.94 bits per heavy atom. The number of anilines is 1. The highest BCUT2D eigenvalue weighted by Crippen LogP contribution is 2.30. The van der Waals surface area contributed by atoms with E-state index in [0.717, 1.165) is 5.69 Å². The van der Waals surface area contributed by atoms with E-state index >= 15 is 0 Å². The van der Waals surface area contributed by atoms with Gasteiger partial charge in [0.2, 0.25) is 5.91 Å². The van der Waals surface area contributed by atoms with Crippen LogP contribution in [-0.2, 0) is 14.3 Å². The Hall–Kier alpha value is -3.46. The molecule has 2 N–H and O–H groups in total. The first-order chi connectivity index (χ1) is 16.0. The van der Waals surface area contributed by atoms with Gasteiger partial charge in [-0.25, -0.2) is 9.79 Å². The van der Waals surface area contributed by atoms with Crippen LogP contribution in [0.1, 0.15) is 36.4 Å². The van der Waals surface area contributed by atoms with Crippen LogP contribution in [0.25, 0.3) is 0 Å². The van der Waals surface area contributed by atoms with E-state index in [0.29, 0.717) is 42.2 Å². The minimum absolute atomic E-state index is 0.00263. The number of para-hydroxylation sites is 2. The number of amidine groups is 1. The van der Waals surface area contributed by atoms with Crippen molar-refractivity contribution in [2.45, 2.75) is 26.7 Å². The van der Waals surface area contributed by atoms with Gasteiger partial charge in [-0.2, -0.15) is 0 Å². The number of allylic oxidation sites excluding steroid dienone is 1. The molecule has 2 aliphatic heterocycles. The van der Waals surface area contributed by atoms with E-state index in [1.165, 1.54) is 11.3 Å². The fourth-order valence-electron chi connectivity index (χ4n) is 3.96. The number of piperidine rings is 1. The van der Waals surface area contributed by atoms with Crippen LogP contribution >= 0.6 is 11.3 Å². The average molecular weight is 467 g/mol. The smallest absolute Gasteiger partial charge is 0.343 e. The Morgan fingerprint density at radius 1 is 1.18 bits per heavy atom. The number of carbonyl (C=O) groups is 3. The van der Waals surface area contributed by atoms with Gasteiger partial charge in [0.25, 0.3) is 5.91 Å². The second kappa shape index (κ2) is 9.99. The molecule has 0 spiro atoms. The summed E-state index contributed by atoms with van der Waals surface area (Å²) in [4.78, 5) is 45.5. The lowest BCUT2D eigenvalue weighted by molar-refractivity contribution is -0.137. The lowest BCUT2D eigenvalue weighted by Gasteiger charge is -2.31. The van der Waals surface area contributed by atoms with E-state index in [9.17, 15) is 14.4 Å². The van der Waals surface area contributed by atoms with Gasteiger partial charge in [-0.15, -0.1) is 11.3 Å². The van der Waals surface area contributed by atoms with Crippen LogP contribution in [0, 0.1) is 5.92 Å². The minimum atomic E-state index is -0.550. The molecule has 0 unspecified atom stereocenters. The van der Waals surface area contributed by atoms with Crippen molar-refractivity contribution < 1.29 is 19.1 Å². The average Bonchev–Trinajstić information content (AvgIpc) is 3.30. The molecule has 2 amide bonds. The number of hydrogen-bond donors (Lipinski definition) is 2. The van der Waals surface area contributed by atoms with Crippen molar-refractivity contribution in [2.75, 3.05) is 25.0 Å². The van der Waals surface area contributed by atoms with Gasteiger partial charge in [0.15, 0.2) is 0 Å². The van der Waals surface area contributed by atoms with Crippen molar-refractivity contribution in [2.24, 2.45) is 10.9 Å². The highest BCUT2D eigenvalue weighted by molar-refractivity contribution is 7.12. The molecular formula is C24H26N4O4S. The zero-order valence-corrected chi connectivity index (χ0v) is 19.4. The molecule has 1 saturated heterocycles. The summed E-state index contributed by atoms with van der Waals surface area (Å²) in [5.41, 5.74) is 2.10. The van der Waals surface area contributed by atoms with Gasteiger partial charge in [-0.3, -0.25) is 9.59 Å². The number of thiophene rings is 1. The fourth-order valence-corrected chi connectivity index (χ4v) is 4.65. The lowest BCUT2D eigenvalue weighted by atomic mass is 9.95. The van der Waals surface area contributed by atoms with Gasteiger partial charge in [-0.05, 0) is 50.3 Å². The van der Waals surface area contributed by atoms with Crippen LogP contribution in [0.5, 0.6) is 0 Å². The van der Waals surface area contributed by atoms with Gasteiger partial charge < -0.3 is 20.3 Å². The van der Waals surface area contributed by atoms with E-state index in [-0.39, 0.29) is 35.7 Å².